The van der Waals surface area contributed by atoms with E-state index in [1.165, 1.54) is 0 Å². The van der Waals surface area contributed by atoms with Crippen LogP contribution in [0, 0.1) is 11.8 Å². The highest BCUT2D eigenvalue weighted by atomic mass is 28.4. The van der Waals surface area contributed by atoms with E-state index in [-0.39, 0.29) is 11.1 Å². The average molecular weight is 267 g/mol. The first-order chi connectivity index (χ1) is 8.26. The summed E-state index contributed by atoms with van der Waals surface area (Å²) in [5, 5.41) is 0.258. The van der Waals surface area contributed by atoms with Crippen molar-refractivity contribution in [2.75, 3.05) is 13.7 Å². The second-order valence-corrected chi connectivity index (χ2v) is 11.6. The molecule has 0 saturated carbocycles. The second-order valence-electron chi connectivity index (χ2n) is 6.80. The second kappa shape index (κ2) is 4.49. The Bertz CT molecular complexity index is 382. The van der Waals surface area contributed by atoms with E-state index < -0.39 is 8.32 Å². The Labute approximate surface area is 111 Å². The van der Waals surface area contributed by atoms with Crippen LogP contribution in [0.2, 0.25) is 18.1 Å². The molecule has 0 saturated heterocycles. The third kappa shape index (κ3) is 2.28. The largest absolute Gasteiger partial charge is 0.484 e. The molecule has 0 aromatic carbocycles. The van der Waals surface area contributed by atoms with Gasteiger partial charge in [0.2, 0.25) is 0 Å². The molecule has 0 spiro atoms. The van der Waals surface area contributed by atoms with Gasteiger partial charge in [-0.05, 0) is 18.1 Å². The molecule has 2 rings (SSSR count). The molecule has 4 heteroatoms. The molecule has 3 atom stereocenters. The minimum Gasteiger partial charge on any atom is -0.484 e. The van der Waals surface area contributed by atoms with Crippen molar-refractivity contribution in [3.05, 3.63) is 12.2 Å². The summed E-state index contributed by atoms with van der Waals surface area (Å²) in [7, 11) is 0.0411. The number of rotatable bonds is 3. The number of methoxy groups -OCH3 is 1. The van der Waals surface area contributed by atoms with Crippen LogP contribution in [0.5, 0.6) is 0 Å². The maximum absolute atomic E-state index is 6.27. The van der Waals surface area contributed by atoms with E-state index in [1.807, 2.05) is 0 Å². The van der Waals surface area contributed by atoms with E-state index in [9.17, 15) is 0 Å². The molecule has 18 heavy (non-hydrogen) atoms. The Morgan fingerprint density at radius 3 is 2.33 bits per heavy atom. The monoisotopic (exact) mass is 267 g/mol. The zero-order valence-electron chi connectivity index (χ0n) is 12.4. The first-order valence-electron chi connectivity index (χ1n) is 6.70. The SMILES string of the molecule is COC1=NC(CO[Si](C)(C)C(C)(C)C)[C@H]2C=C[C@@H]12. The van der Waals surface area contributed by atoms with E-state index >= 15 is 0 Å². The van der Waals surface area contributed by atoms with Crippen molar-refractivity contribution in [2.45, 2.75) is 44.9 Å². The van der Waals surface area contributed by atoms with Crippen LogP contribution in [0.25, 0.3) is 0 Å². The van der Waals surface area contributed by atoms with Crippen LogP contribution >= 0.6 is 0 Å². The van der Waals surface area contributed by atoms with Crippen LogP contribution in [0.4, 0.5) is 0 Å². The van der Waals surface area contributed by atoms with Gasteiger partial charge in [0, 0.05) is 5.92 Å². The van der Waals surface area contributed by atoms with Gasteiger partial charge in [-0.3, -0.25) is 0 Å². The quantitative estimate of drug-likeness (QED) is 0.580. The Balaban J connectivity index is 1.96. The lowest BCUT2D eigenvalue weighted by Gasteiger charge is -2.37. The molecule has 0 N–H and O–H groups in total. The summed E-state index contributed by atoms with van der Waals surface area (Å²) in [5.41, 5.74) is 0. The summed E-state index contributed by atoms with van der Waals surface area (Å²) in [5.74, 6) is 1.79. The van der Waals surface area contributed by atoms with Gasteiger partial charge in [0.25, 0.3) is 0 Å². The molecular weight excluding hydrogens is 242 g/mol. The number of nitrogens with zero attached hydrogens (tertiary/aromatic N) is 1. The fraction of sp³-hybridized carbons (Fsp3) is 0.786. The van der Waals surface area contributed by atoms with Crippen molar-refractivity contribution in [2.24, 2.45) is 16.8 Å². The number of hydrogen-bond donors (Lipinski definition) is 0. The summed E-state index contributed by atoms with van der Waals surface area (Å²) in [6.07, 6.45) is 4.42. The molecule has 0 aromatic rings. The first kappa shape index (κ1) is 13.8. The third-order valence-electron chi connectivity index (χ3n) is 4.61. The molecule has 0 fully saturated rings. The molecule has 102 valence electrons. The van der Waals surface area contributed by atoms with Gasteiger partial charge in [-0.1, -0.05) is 32.9 Å². The summed E-state index contributed by atoms with van der Waals surface area (Å²) < 4.78 is 11.6. The van der Waals surface area contributed by atoms with Crippen LogP contribution in [-0.4, -0.2) is 34.0 Å². The predicted octanol–water partition coefficient (Wildman–Crippen LogP) is 3.24. The van der Waals surface area contributed by atoms with Crippen molar-refractivity contribution in [1.82, 2.24) is 0 Å². The summed E-state index contributed by atoms with van der Waals surface area (Å²) in [6.45, 7) is 12.1. The molecular formula is C14H25NO2Si. The average Bonchev–Trinajstić information content (AvgIpc) is 2.44. The van der Waals surface area contributed by atoms with Crippen LogP contribution < -0.4 is 0 Å². The zero-order chi connectivity index (χ0) is 13.6. The van der Waals surface area contributed by atoms with E-state index in [2.05, 4.69) is 51.0 Å². The van der Waals surface area contributed by atoms with Gasteiger partial charge in [0.05, 0.1) is 25.7 Å². The smallest absolute Gasteiger partial charge is 0.192 e. The lowest BCUT2D eigenvalue weighted by atomic mass is 9.80. The van der Waals surface area contributed by atoms with E-state index in [1.54, 1.807) is 7.11 Å². The molecule has 0 aromatic heterocycles. The van der Waals surface area contributed by atoms with E-state index in [0.717, 1.165) is 12.5 Å². The number of fused-ring (bicyclic) bond motifs is 1. The van der Waals surface area contributed by atoms with Gasteiger partial charge in [-0.25, -0.2) is 4.99 Å². The van der Waals surface area contributed by atoms with Gasteiger partial charge >= 0.3 is 0 Å². The molecule has 2 aliphatic rings. The maximum Gasteiger partial charge on any atom is 0.192 e. The van der Waals surface area contributed by atoms with E-state index in [0.29, 0.717) is 11.8 Å². The minimum absolute atomic E-state index is 0.254. The summed E-state index contributed by atoms with van der Waals surface area (Å²) in [6, 6.07) is 0.254. The molecule has 0 bridgehead atoms. The molecule has 0 amide bonds. The number of hydrogen-bond acceptors (Lipinski definition) is 3. The number of ether oxygens (including phenoxy) is 1. The Morgan fingerprint density at radius 1 is 1.28 bits per heavy atom. The topological polar surface area (TPSA) is 30.8 Å². The van der Waals surface area contributed by atoms with Gasteiger partial charge in [0.15, 0.2) is 14.2 Å². The first-order valence-corrected chi connectivity index (χ1v) is 9.61. The fourth-order valence-corrected chi connectivity index (χ4v) is 3.17. The molecule has 1 unspecified atom stereocenters. The molecule has 3 nitrogen and oxygen atoms in total. The van der Waals surface area contributed by atoms with Gasteiger partial charge < -0.3 is 9.16 Å². The normalized spacial score (nSPS) is 30.8. The van der Waals surface area contributed by atoms with Gasteiger partial charge in [0.1, 0.15) is 0 Å². The van der Waals surface area contributed by atoms with Crippen molar-refractivity contribution in [3.8, 4) is 0 Å². The summed E-state index contributed by atoms with van der Waals surface area (Å²) in [4.78, 5) is 4.65. The minimum atomic E-state index is -1.67. The van der Waals surface area contributed by atoms with Crippen molar-refractivity contribution < 1.29 is 9.16 Å². The zero-order valence-corrected chi connectivity index (χ0v) is 13.4. The summed E-state index contributed by atoms with van der Waals surface area (Å²) >= 11 is 0. The molecule has 1 aliphatic heterocycles. The van der Waals surface area contributed by atoms with Crippen LogP contribution in [0.3, 0.4) is 0 Å². The van der Waals surface area contributed by atoms with Gasteiger partial charge in [-0.15, -0.1) is 0 Å². The van der Waals surface area contributed by atoms with Crippen molar-refractivity contribution in [1.29, 1.82) is 0 Å². The van der Waals surface area contributed by atoms with E-state index in [4.69, 9.17) is 9.16 Å². The van der Waals surface area contributed by atoms with Crippen LogP contribution in [0.15, 0.2) is 17.1 Å². The molecule has 1 heterocycles. The van der Waals surface area contributed by atoms with Crippen LogP contribution in [-0.2, 0) is 9.16 Å². The maximum atomic E-state index is 6.27. The Hall–Kier alpha value is -0.613. The Kier molecular flexibility index (Phi) is 3.45. The lowest BCUT2D eigenvalue weighted by molar-refractivity contribution is 0.238. The predicted molar refractivity (Wildman–Crippen MR) is 77.5 cm³/mol. The standard InChI is InChI=1S/C14H25NO2Si/c1-14(2,3)18(5,6)17-9-12-10-7-8-11(10)13(15-12)16-4/h7-8,10-12H,9H2,1-6H3/t10-,11+,12?/m0/s1. The fourth-order valence-electron chi connectivity index (χ4n) is 2.15. The highest BCUT2D eigenvalue weighted by molar-refractivity contribution is 6.74. The lowest BCUT2D eigenvalue weighted by Crippen LogP contribution is -2.43. The third-order valence-corrected chi connectivity index (χ3v) is 9.11. The molecule has 0 radical (unpaired) electrons. The van der Waals surface area contributed by atoms with Crippen molar-refractivity contribution >= 4 is 14.2 Å². The highest BCUT2D eigenvalue weighted by Crippen LogP contribution is 2.40. The van der Waals surface area contributed by atoms with Gasteiger partial charge in [-0.2, -0.15) is 0 Å². The highest BCUT2D eigenvalue weighted by Gasteiger charge is 2.44. The Morgan fingerprint density at radius 2 is 1.94 bits per heavy atom. The molecule has 1 aliphatic carbocycles. The van der Waals surface area contributed by atoms with Crippen LogP contribution in [0.1, 0.15) is 20.8 Å². The van der Waals surface area contributed by atoms with Crippen molar-refractivity contribution in [3.63, 3.8) is 0 Å². The number of aliphatic imine (C=N–C) groups is 1.